The van der Waals surface area contributed by atoms with Crippen molar-refractivity contribution in [2.24, 2.45) is 0 Å². The van der Waals surface area contributed by atoms with Gasteiger partial charge in [0.15, 0.2) is 52.4 Å². The zero-order valence-corrected chi connectivity index (χ0v) is 52.8. The Morgan fingerprint density at radius 3 is 0.918 bits per heavy atom. The van der Waals surface area contributed by atoms with Crippen LogP contribution in [0.3, 0.4) is 0 Å². The summed E-state index contributed by atoms with van der Waals surface area (Å²) in [5, 5.41) is 62.3. The number of methoxy groups -OCH3 is 3. The first-order chi connectivity index (χ1) is 46.6. The van der Waals surface area contributed by atoms with E-state index in [1.54, 1.807) is 158 Å². The van der Waals surface area contributed by atoms with Crippen molar-refractivity contribution < 1.29 is 67.7 Å². The molecule has 12 rings (SSSR count). The Kier molecular flexibility index (Phi) is 20.0. The predicted molar refractivity (Wildman–Crippen MR) is 360 cm³/mol. The highest BCUT2D eigenvalue weighted by molar-refractivity contribution is 7.92. The molecule has 0 spiro atoms. The van der Waals surface area contributed by atoms with Gasteiger partial charge in [-0.25, -0.2) is 67.7 Å². The number of ether oxygens (including phenoxy) is 3. The van der Waals surface area contributed by atoms with Gasteiger partial charge in [-0.2, -0.15) is 0 Å². The van der Waals surface area contributed by atoms with E-state index in [9.17, 15) is 53.4 Å². The van der Waals surface area contributed by atoms with Gasteiger partial charge in [-0.1, -0.05) is 78.9 Å². The van der Waals surface area contributed by atoms with Gasteiger partial charge < -0.3 is 50.6 Å². The van der Waals surface area contributed by atoms with Gasteiger partial charge in [0.2, 0.25) is 10.0 Å². The molecule has 0 fully saturated rings. The molecule has 0 atom stereocenters. The number of aromatic nitrogens is 9. The summed E-state index contributed by atoms with van der Waals surface area (Å²) in [6.45, 7) is 1.87. The summed E-state index contributed by atoms with van der Waals surface area (Å²) in [6, 6.07) is 53.5. The van der Waals surface area contributed by atoms with E-state index >= 15 is 0 Å². The van der Waals surface area contributed by atoms with Gasteiger partial charge in [-0.3, -0.25) is 4.72 Å². The van der Waals surface area contributed by atoms with Gasteiger partial charge >= 0.3 is 17.9 Å². The topological polar surface area (TPSA) is 388 Å². The van der Waals surface area contributed by atoms with Gasteiger partial charge in [0, 0.05) is 34.5 Å². The van der Waals surface area contributed by atoms with E-state index in [4.69, 9.17) is 19.9 Å². The summed E-state index contributed by atoms with van der Waals surface area (Å²) >= 11 is 0. The third-order valence-corrected chi connectivity index (χ3v) is 14.8. The maximum Gasteiger partial charge on any atom is 0.337 e. The van der Waals surface area contributed by atoms with E-state index in [-0.39, 0.29) is 86.5 Å². The third kappa shape index (κ3) is 16.0. The number of anilines is 2. The molecule has 486 valence electrons. The molecule has 0 radical (unpaired) electrons. The SMILES string of the molecule is COC(=O)c1ccc(-c2nc(-c3ccccc3O)nc(-c3ccc(C)cc3O)n2)cc1.COC(=O)c1ccc(-c2nc(-c3ccccc3O)nc(-c3ccc(N)cc3O)n2)cc1.COC(=O)c1ccc(-c2nc(-c3ccccc3O)nc(-c3ccc(NS(C)(=O)=O)cc3O)n2)cc1. The van der Waals surface area contributed by atoms with Crippen molar-refractivity contribution in [1.29, 1.82) is 0 Å². The number of hydrogen-bond donors (Lipinski definition) is 8. The summed E-state index contributed by atoms with van der Waals surface area (Å²) in [5.41, 5.74) is 12.3. The number of hydrogen-bond acceptors (Lipinski definition) is 24. The molecule has 9 N–H and O–H groups in total. The minimum atomic E-state index is -3.54. The van der Waals surface area contributed by atoms with Crippen LogP contribution in [0, 0.1) is 6.92 Å². The molecule has 97 heavy (non-hydrogen) atoms. The summed E-state index contributed by atoms with van der Waals surface area (Å²) in [7, 11) is 0.384. The van der Waals surface area contributed by atoms with Gasteiger partial charge in [-0.15, -0.1) is 0 Å². The molecule has 3 aromatic heterocycles. The number of nitrogens with one attached hydrogen (secondary N) is 1. The lowest BCUT2D eigenvalue weighted by Gasteiger charge is -2.11. The van der Waals surface area contributed by atoms with Gasteiger partial charge in [-0.05, 0) is 122 Å². The molecule has 26 heteroatoms. The van der Waals surface area contributed by atoms with Gasteiger partial charge in [0.1, 0.15) is 34.5 Å². The number of phenols is 6. The monoisotopic (exact) mass is 1320 g/mol. The molecular formula is C71H57N11O14S. The number of aryl methyl sites for hydroxylation is 1. The number of rotatable bonds is 14. The van der Waals surface area contributed by atoms with Gasteiger partial charge in [0.05, 0.1) is 83.3 Å². The fourth-order valence-corrected chi connectivity index (χ4v) is 9.97. The van der Waals surface area contributed by atoms with Crippen LogP contribution in [-0.4, -0.2) is 129 Å². The quantitative estimate of drug-likeness (QED) is 0.0285. The molecule has 12 aromatic rings. The number of nitrogens with zero attached hydrogens (tertiary/aromatic N) is 9. The molecule has 0 amide bonds. The van der Waals surface area contributed by atoms with Crippen LogP contribution < -0.4 is 10.5 Å². The van der Waals surface area contributed by atoms with E-state index in [2.05, 4.69) is 49.6 Å². The summed E-state index contributed by atoms with van der Waals surface area (Å²) in [5.74, 6) is 0.355. The number of phenolic OH excluding ortho intramolecular Hbond substituents is 6. The maximum absolute atomic E-state index is 11.8. The van der Waals surface area contributed by atoms with Crippen molar-refractivity contribution in [1.82, 2.24) is 44.9 Å². The Hall–Kier alpha value is -13.2. The third-order valence-electron chi connectivity index (χ3n) is 14.2. The zero-order chi connectivity index (χ0) is 69.1. The highest BCUT2D eigenvalue weighted by Crippen LogP contribution is 2.38. The van der Waals surface area contributed by atoms with Crippen LogP contribution >= 0.6 is 0 Å². The van der Waals surface area contributed by atoms with E-state index < -0.39 is 27.9 Å². The molecule has 0 saturated heterocycles. The molecule has 3 heterocycles. The molecule has 0 saturated carbocycles. The summed E-state index contributed by atoms with van der Waals surface area (Å²) < 4.78 is 39.5. The number of carbonyl (C=O) groups is 3. The number of benzene rings is 9. The van der Waals surface area contributed by atoms with Crippen LogP contribution in [0.15, 0.2) is 200 Å². The molecule has 0 aliphatic rings. The van der Waals surface area contributed by atoms with Crippen molar-refractivity contribution in [2.45, 2.75) is 6.92 Å². The Morgan fingerprint density at radius 1 is 0.351 bits per heavy atom. The molecular weight excluding hydrogens is 1260 g/mol. The van der Waals surface area contributed by atoms with Crippen molar-refractivity contribution in [3.63, 3.8) is 0 Å². The normalized spacial score (nSPS) is 10.8. The number of carbonyl (C=O) groups excluding carboxylic acids is 3. The first-order valence-electron chi connectivity index (χ1n) is 29.0. The largest absolute Gasteiger partial charge is 0.507 e. The van der Waals surface area contributed by atoms with E-state index in [1.165, 1.54) is 57.7 Å². The summed E-state index contributed by atoms with van der Waals surface area (Å²) in [6.07, 6.45) is 1.00. The number of nitrogens with two attached hydrogens (primary N) is 1. The van der Waals surface area contributed by atoms with Crippen LogP contribution in [0.4, 0.5) is 11.4 Å². The number of sulfonamides is 1. The fraction of sp³-hybridized carbons (Fsp3) is 0.0704. The smallest absolute Gasteiger partial charge is 0.337 e. The van der Waals surface area contributed by atoms with Gasteiger partial charge in [0.25, 0.3) is 0 Å². The zero-order valence-electron chi connectivity index (χ0n) is 52.0. The van der Waals surface area contributed by atoms with Crippen molar-refractivity contribution in [3.05, 3.63) is 222 Å². The second kappa shape index (κ2) is 29.2. The Labute approximate surface area is 553 Å². The average molecular weight is 1320 g/mol. The minimum Gasteiger partial charge on any atom is -0.507 e. The lowest BCUT2D eigenvalue weighted by atomic mass is 10.1. The maximum atomic E-state index is 11.8. The lowest BCUT2D eigenvalue weighted by Crippen LogP contribution is -2.09. The minimum absolute atomic E-state index is 0.00756. The Balaban J connectivity index is 0.000000158. The van der Waals surface area contributed by atoms with Crippen molar-refractivity contribution in [2.75, 3.05) is 38.0 Å². The van der Waals surface area contributed by atoms with Crippen LogP contribution in [0.25, 0.3) is 102 Å². The van der Waals surface area contributed by atoms with Crippen LogP contribution in [0.2, 0.25) is 0 Å². The van der Waals surface area contributed by atoms with Crippen molar-refractivity contribution >= 4 is 39.3 Å². The molecule has 0 bridgehead atoms. The second-order valence-corrected chi connectivity index (χ2v) is 22.8. The van der Waals surface area contributed by atoms with E-state index in [1.807, 2.05) is 13.0 Å². The molecule has 0 aliphatic heterocycles. The number of nitrogen functional groups attached to an aromatic ring is 1. The average Bonchev–Trinajstić information content (AvgIpc) is 0.805. The molecule has 0 aliphatic carbocycles. The molecule has 25 nitrogen and oxygen atoms in total. The van der Waals surface area contributed by atoms with E-state index in [0.717, 1.165) is 11.8 Å². The molecule has 0 unspecified atom stereocenters. The van der Waals surface area contributed by atoms with Crippen LogP contribution in [0.5, 0.6) is 34.5 Å². The van der Waals surface area contributed by atoms with Crippen LogP contribution in [0.1, 0.15) is 36.6 Å². The van der Waals surface area contributed by atoms with Crippen LogP contribution in [-0.2, 0) is 24.2 Å². The van der Waals surface area contributed by atoms with E-state index in [0.29, 0.717) is 78.5 Å². The Bertz CT molecular complexity index is 4870. The first-order valence-corrected chi connectivity index (χ1v) is 30.9. The Morgan fingerprint density at radius 2 is 0.629 bits per heavy atom. The first kappa shape index (κ1) is 66.7. The number of aromatic hydroxyl groups is 6. The number of para-hydroxylation sites is 3. The summed E-state index contributed by atoms with van der Waals surface area (Å²) in [4.78, 5) is 75.6. The lowest BCUT2D eigenvalue weighted by molar-refractivity contribution is 0.0592. The molecule has 9 aromatic carbocycles. The number of esters is 3. The highest BCUT2D eigenvalue weighted by atomic mass is 32.2. The predicted octanol–water partition coefficient (Wildman–Crippen LogP) is 11.5. The standard InChI is InChI=1S/C24H20N4O6S.C24H19N3O4.C23H18N4O4/c1-34-24(31)15-9-7-14(8-10-15)21-25-22(17-5-3-4-6-19(17)29)27-23(26-21)18-12-11-16(13-20(18)30)28-35(2,32)33;1-14-7-12-18(20(29)13-14)23-26-21(15-8-10-16(11-9-15)24(30)31-2)25-22(27-23)17-5-3-4-6-19(17)28;1-31-23(30)14-8-6-13(7-9-14)20-25-21(16-4-2-3-5-18(16)28)27-22(26-20)17-11-10-15(24)12-19(17)29/h3-13,28-30H,1-2H3;3-13,28-29H,1-2H3;2-12,28-29H,24H2,1H3. The highest BCUT2D eigenvalue weighted by Gasteiger charge is 2.22. The second-order valence-electron chi connectivity index (χ2n) is 21.1. The fourth-order valence-electron chi connectivity index (χ4n) is 9.41. The van der Waals surface area contributed by atoms with Crippen molar-refractivity contribution in [3.8, 4) is 137 Å².